The zero-order chi connectivity index (χ0) is 25.6. The number of rotatable bonds is 9. The van der Waals surface area contributed by atoms with Crippen LogP contribution < -0.4 is 14.8 Å². The maximum atomic E-state index is 6.25. The van der Waals surface area contributed by atoms with E-state index in [2.05, 4.69) is 5.32 Å². The Morgan fingerprint density at radius 1 is 0.838 bits per heavy atom. The lowest BCUT2D eigenvalue weighted by Crippen LogP contribution is -2.10. The minimum atomic E-state index is 0.394. The summed E-state index contributed by atoms with van der Waals surface area (Å²) >= 11 is 12.1. The number of benzene rings is 4. The lowest BCUT2D eigenvalue weighted by Gasteiger charge is -2.09. The molecule has 0 fully saturated rings. The largest absolute Gasteiger partial charge is 0.497 e. The topological polar surface area (TPSA) is 53.2 Å². The van der Waals surface area contributed by atoms with Crippen LogP contribution in [0.25, 0.3) is 17.1 Å². The van der Waals surface area contributed by atoms with Crippen molar-refractivity contribution in [2.75, 3.05) is 12.4 Å². The minimum absolute atomic E-state index is 0.394. The predicted molar refractivity (Wildman–Crippen MR) is 150 cm³/mol. The number of hydrogen-bond donors (Lipinski definition) is 1. The van der Waals surface area contributed by atoms with Crippen molar-refractivity contribution in [2.45, 2.75) is 13.3 Å². The molecule has 186 valence electrons. The van der Waals surface area contributed by atoms with E-state index in [1.807, 2.05) is 108 Å². The van der Waals surface area contributed by atoms with Gasteiger partial charge in [0, 0.05) is 27.5 Å². The van der Waals surface area contributed by atoms with Crippen LogP contribution in [0.4, 0.5) is 5.69 Å². The second-order valence-electron chi connectivity index (χ2n) is 8.24. The first kappa shape index (κ1) is 24.6. The molecule has 0 aliphatic carbocycles. The van der Waals surface area contributed by atoms with Crippen molar-refractivity contribution in [2.24, 2.45) is 0 Å². The summed E-state index contributed by atoms with van der Waals surface area (Å²) in [6, 6.07) is 33.2. The van der Waals surface area contributed by atoms with Crippen molar-refractivity contribution in [3.63, 3.8) is 0 Å². The Kier molecular flexibility index (Phi) is 7.54. The standard InChI is InChI=1S/C29H25ClN4O2S/c1-35-25-17-13-23(14-18-25)31-20-33-29(37)34(24-8-3-2-4-9-24)28(32-33)21-11-15-26(16-12-21)36-19-22-7-5-6-10-27(22)30/h2-18,31H,19-20H2,1H3. The molecule has 0 aliphatic rings. The summed E-state index contributed by atoms with van der Waals surface area (Å²) in [4.78, 5) is 0. The van der Waals surface area contributed by atoms with Gasteiger partial charge in [0.15, 0.2) is 5.82 Å². The molecule has 5 rings (SSSR count). The van der Waals surface area contributed by atoms with Gasteiger partial charge < -0.3 is 14.8 Å². The number of ether oxygens (including phenoxy) is 2. The van der Waals surface area contributed by atoms with Gasteiger partial charge in [-0.2, -0.15) is 0 Å². The molecule has 0 saturated carbocycles. The van der Waals surface area contributed by atoms with Crippen molar-refractivity contribution in [3.8, 4) is 28.6 Å². The second-order valence-corrected chi connectivity index (χ2v) is 9.02. The Morgan fingerprint density at radius 3 is 2.22 bits per heavy atom. The highest BCUT2D eigenvalue weighted by Crippen LogP contribution is 2.26. The molecule has 1 heterocycles. The Bertz CT molecular complexity index is 1530. The molecule has 1 N–H and O–H groups in total. The zero-order valence-electron chi connectivity index (χ0n) is 20.2. The fourth-order valence-electron chi connectivity index (χ4n) is 3.86. The van der Waals surface area contributed by atoms with Crippen molar-refractivity contribution in [1.29, 1.82) is 0 Å². The van der Waals surface area contributed by atoms with E-state index in [0.29, 0.717) is 23.1 Å². The number of nitrogens with one attached hydrogen (secondary N) is 1. The number of methoxy groups -OCH3 is 1. The van der Waals surface area contributed by atoms with Gasteiger partial charge in [0.05, 0.1) is 7.11 Å². The lowest BCUT2D eigenvalue weighted by molar-refractivity contribution is 0.306. The first-order chi connectivity index (χ1) is 18.1. The molecule has 0 unspecified atom stereocenters. The van der Waals surface area contributed by atoms with Crippen LogP contribution in [0, 0.1) is 4.77 Å². The summed E-state index contributed by atoms with van der Waals surface area (Å²) in [5.41, 5.74) is 3.74. The monoisotopic (exact) mass is 528 g/mol. The molecule has 8 heteroatoms. The summed E-state index contributed by atoms with van der Waals surface area (Å²) in [5.74, 6) is 2.29. The van der Waals surface area contributed by atoms with Gasteiger partial charge in [0.2, 0.25) is 4.77 Å². The van der Waals surface area contributed by atoms with Crippen LogP contribution >= 0.6 is 23.8 Å². The summed E-state index contributed by atoms with van der Waals surface area (Å²) in [6.45, 7) is 0.808. The fraction of sp³-hybridized carbons (Fsp3) is 0.103. The van der Waals surface area contributed by atoms with E-state index in [9.17, 15) is 0 Å². The van der Waals surface area contributed by atoms with Gasteiger partial charge in [0.1, 0.15) is 24.8 Å². The van der Waals surface area contributed by atoms with E-state index < -0.39 is 0 Å². The summed E-state index contributed by atoms with van der Waals surface area (Å²) in [6.07, 6.45) is 0. The maximum Gasteiger partial charge on any atom is 0.204 e. The van der Waals surface area contributed by atoms with Crippen LogP contribution in [-0.2, 0) is 13.3 Å². The predicted octanol–water partition coefficient (Wildman–Crippen LogP) is 7.38. The lowest BCUT2D eigenvalue weighted by atomic mass is 10.2. The van der Waals surface area contributed by atoms with Gasteiger partial charge in [-0.1, -0.05) is 48.0 Å². The van der Waals surface area contributed by atoms with Crippen molar-refractivity contribution in [1.82, 2.24) is 14.3 Å². The summed E-state index contributed by atoms with van der Waals surface area (Å²) in [5, 5.41) is 8.94. The van der Waals surface area contributed by atoms with Gasteiger partial charge in [0.25, 0.3) is 0 Å². The molecular weight excluding hydrogens is 504 g/mol. The van der Waals surface area contributed by atoms with Crippen molar-refractivity contribution in [3.05, 3.63) is 118 Å². The molecule has 5 aromatic rings. The smallest absolute Gasteiger partial charge is 0.204 e. The van der Waals surface area contributed by atoms with Gasteiger partial charge in [-0.15, -0.1) is 5.10 Å². The number of hydrogen-bond acceptors (Lipinski definition) is 5. The third-order valence-electron chi connectivity index (χ3n) is 5.84. The van der Waals surface area contributed by atoms with E-state index in [1.54, 1.807) is 11.8 Å². The SMILES string of the molecule is COc1ccc(NCn2nc(-c3ccc(OCc4ccccc4Cl)cc3)n(-c3ccccc3)c2=S)cc1. The molecule has 6 nitrogen and oxygen atoms in total. The molecule has 0 spiro atoms. The number of halogens is 1. The number of nitrogens with zero attached hydrogens (tertiary/aromatic N) is 3. The van der Waals surface area contributed by atoms with Crippen LogP contribution in [0.1, 0.15) is 5.56 Å². The Balaban J connectivity index is 1.40. The maximum absolute atomic E-state index is 6.25. The summed E-state index contributed by atoms with van der Waals surface area (Å²) < 4.78 is 15.5. The average Bonchev–Trinajstić information content (AvgIpc) is 3.28. The fourth-order valence-corrected chi connectivity index (χ4v) is 4.35. The molecule has 4 aromatic carbocycles. The molecule has 0 saturated heterocycles. The van der Waals surface area contributed by atoms with Crippen molar-refractivity contribution >= 4 is 29.5 Å². The molecule has 37 heavy (non-hydrogen) atoms. The number of aromatic nitrogens is 3. The molecular formula is C29H25ClN4O2S. The molecule has 1 aromatic heterocycles. The molecule has 0 bridgehead atoms. The van der Waals surface area contributed by atoms with E-state index in [4.69, 9.17) is 38.4 Å². The van der Waals surface area contributed by atoms with E-state index in [0.717, 1.165) is 39.8 Å². The quantitative estimate of drug-likeness (QED) is 0.202. The average molecular weight is 529 g/mol. The normalized spacial score (nSPS) is 10.8. The Labute approximate surface area is 225 Å². The highest BCUT2D eigenvalue weighted by molar-refractivity contribution is 7.71. The molecule has 0 radical (unpaired) electrons. The Morgan fingerprint density at radius 2 is 1.51 bits per heavy atom. The second kappa shape index (κ2) is 11.3. The number of para-hydroxylation sites is 1. The van der Waals surface area contributed by atoms with E-state index in [1.165, 1.54) is 0 Å². The first-order valence-electron chi connectivity index (χ1n) is 11.7. The summed E-state index contributed by atoms with van der Waals surface area (Å²) in [7, 11) is 1.65. The van der Waals surface area contributed by atoms with Crippen LogP contribution in [0.5, 0.6) is 11.5 Å². The van der Waals surface area contributed by atoms with Crippen LogP contribution in [-0.4, -0.2) is 21.5 Å². The van der Waals surface area contributed by atoms with Gasteiger partial charge in [-0.25, -0.2) is 4.68 Å². The van der Waals surface area contributed by atoms with Crippen molar-refractivity contribution < 1.29 is 9.47 Å². The first-order valence-corrected chi connectivity index (χ1v) is 12.5. The van der Waals surface area contributed by atoms with Crippen LogP contribution in [0.3, 0.4) is 0 Å². The van der Waals surface area contributed by atoms with Gasteiger partial charge in [-0.05, 0) is 78.9 Å². The molecule has 0 atom stereocenters. The van der Waals surface area contributed by atoms with E-state index >= 15 is 0 Å². The minimum Gasteiger partial charge on any atom is -0.497 e. The molecule has 0 aliphatic heterocycles. The van der Waals surface area contributed by atoms with Crippen LogP contribution in [0.15, 0.2) is 103 Å². The number of anilines is 1. The third kappa shape index (κ3) is 5.69. The zero-order valence-corrected chi connectivity index (χ0v) is 21.7. The van der Waals surface area contributed by atoms with E-state index in [-0.39, 0.29) is 0 Å². The highest BCUT2D eigenvalue weighted by atomic mass is 35.5. The van der Waals surface area contributed by atoms with Gasteiger partial charge >= 0.3 is 0 Å². The van der Waals surface area contributed by atoms with Crippen LogP contribution in [0.2, 0.25) is 5.02 Å². The van der Waals surface area contributed by atoms with Gasteiger partial charge in [-0.3, -0.25) is 4.57 Å². The molecule has 0 amide bonds. The third-order valence-corrected chi connectivity index (χ3v) is 6.60. The highest BCUT2D eigenvalue weighted by Gasteiger charge is 2.15. The Hall–Kier alpha value is -4.07.